The lowest BCUT2D eigenvalue weighted by atomic mass is 9.82. The van der Waals surface area contributed by atoms with E-state index in [4.69, 9.17) is 13.3 Å². The van der Waals surface area contributed by atoms with Crippen LogP contribution in [0.15, 0.2) is 0 Å². The second kappa shape index (κ2) is 17.3. The lowest BCUT2D eigenvalue weighted by molar-refractivity contribution is -0.172. The van der Waals surface area contributed by atoms with Crippen LogP contribution in [0.2, 0.25) is 0 Å². The van der Waals surface area contributed by atoms with Gasteiger partial charge in [-0.05, 0) is 59.3 Å². The first kappa shape index (κ1) is 39.5. The quantitative estimate of drug-likeness (QED) is 0.150. The van der Waals surface area contributed by atoms with Crippen LogP contribution in [0.4, 0.5) is 14.7 Å². The summed E-state index contributed by atoms with van der Waals surface area (Å²) >= 11 is 1.42. The van der Waals surface area contributed by atoms with Gasteiger partial charge in [-0.1, -0.05) is 77.6 Å². The molecular formula is C33H59N7O7S2. The maximum Gasteiger partial charge on any atom is 0.437 e. The van der Waals surface area contributed by atoms with Crippen molar-refractivity contribution in [1.29, 1.82) is 0 Å². The summed E-state index contributed by atoms with van der Waals surface area (Å²) < 4.78 is 44.1. The third kappa shape index (κ3) is 10.2. The third-order valence-electron chi connectivity index (χ3n) is 9.54. The number of anilines is 1. The fourth-order valence-electron chi connectivity index (χ4n) is 6.99. The Balaban J connectivity index is 1.42. The second-order valence-electron chi connectivity index (χ2n) is 14.6. The van der Waals surface area contributed by atoms with Gasteiger partial charge < -0.3 is 19.4 Å². The van der Waals surface area contributed by atoms with Crippen molar-refractivity contribution in [1.82, 2.24) is 30.1 Å². The number of rotatable bonds is 18. The molecule has 1 aromatic rings. The fourth-order valence-corrected chi connectivity index (χ4v) is 8.89. The number of carbonyl (C=O) groups excluding carboxylic acids is 2. The van der Waals surface area contributed by atoms with Crippen molar-refractivity contribution < 1.29 is 31.3 Å². The predicted molar refractivity (Wildman–Crippen MR) is 189 cm³/mol. The van der Waals surface area contributed by atoms with Crippen molar-refractivity contribution in [2.75, 3.05) is 44.2 Å². The van der Waals surface area contributed by atoms with Gasteiger partial charge in [0.15, 0.2) is 0 Å². The van der Waals surface area contributed by atoms with Crippen molar-refractivity contribution in [3.05, 3.63) is 5.01 Å². The van der Waals surface area contributed by atoms with Crippen LogP contribution in [0.25, 0.3) is 0 Å². The predicted octanol–water partition coefficient (Wildman–Crippen LogP) is 6.67. The maximum atomic E-state index is 13.7. The highest BCUT2D eigenvalue weighted by Gasteiger charge is 2.50. The van der Waals surface area contributed by atoms with Crippen molar-refractivity contribution >= 4 is 39.0 Å². The number of hydroxylamine groups is 4. The van der Waals surface area contributed by atoms with Crippen molar-refractivity contribution in [3.63, 3.8) is 0 Å². The Bertz CT molecular complexity index is 1320. The van der Waals surface area contributed by atoms with E-state index in [1.54, 1.807) is 14.9 Å². The maximum absolute atomic E-state index is 13.7. The van der Waals surface area contributed by atoms with Crippen molar-refractivity contribution in [3.8, 4) is 0 Å². The van der Waals surface area contributed by atoms with Crippen LogP contribution in [0.1, 0.15) is 137 Å². The van der Waals surface area contributed by atoms with Crippen molar-refractivity contribution in [2.45, 2.75) is 149 Å². The largest absolute Gasteiger partial charge is 0.444 e. The van der Waals surface area contributed by atoms with Crippen LogP contribution in [-0.2, 0) is 23.7 Å². The summed E-state index contributed by atoms with van der Waals surface area (Å²) in [5.41, 5.74) is -0.978. The zero-order chi connectivity index (χ0) is 35.8. The van der Waals surface area contributed by atoms with E-state index in [0.717, 1.165) is 74.4 Å². The highest BCUT2D eigenvalue weighted by molar-refractivity contribution is 7.81. The number of piperidine rings is 1. The summed E-state index contributed by atoms with van der Waals surface area (Å²) in [6.45, 7) is 17.0. The third-order valence-corrected chi connectivity index (χ3v) is 11.3. The minimum Gasteiger partial charge on any atom is -0.444 e. The van der Waals surface area contributed by atoms with Gasteiger partial charge in [0.1, 0.15) is 10.6 Å². The van der Waals surface area contributed by atoms with Gasteiger partial charge in [-0.2, -0.15) is 22.8 Å². The van der Waals surface area contributed by atoms with Crippen LogP contribution in [0, 0.1) is 0 Å². The summed E-state index contributed by atoms with van der Waals surface area (Å²) in [7, 11) is -4.60. The van der Waals surface area contributed by atoms with Gasteiger partial charge in [-0.15, -0.1) is 14.5 Å². The zero-order valence-corrected chi connectivity index (χ0v) is 32.3. The fraction of sp³-hybridized carbons (Fsp3) is 0.879. The summed E-state index contributed by atoms with van der Waals surface area (Å²) in [5, 5.41) is 13.0. The van der Waals surface area contributed by atoms with Gasteiger partial charge in [0.05, 0.1) is 12.1 Å². The Hall–Kier alpha value is -2.27. The molecule has 0 unspecified atom stereocenters. The highest BCUT2D eigenvalue weighted by atomic mass is 32.3. The molecule has 0 saturated carbocycles. The molecule has 0 aromatic carbocycles. The molecule has 0 spiro atoms. The Labute approximate surface area is 297 Å². The number of hydrogen-bond acceptors (Lipinski definition) is 12. The number of ether oxygens (including phenoxy) is 1. The van der Waals surface area contributed by atoms with E-state index in [-0.39, 0.29) is 12.1 Å². The molecule has 2 bridgehead atoms. The van der Waals surface area contributed by atoms with Gasteiger partial charge in [0, 0.05) is 44.8 Å². The number of piperazine rings is 1. The first-order chi connectivity index (χ1) is 23.3. The van der Waals surface area contributed by atoms with E-state index < -0.39 is 33.6 Å². The van der Waals surface area contributed by atoms with Crippen LogP contribution >= 0.6 is 11.3 Å². The highest BCUT2D eigenvalue weighted by Crippen LogP contribution is 2.41. The minimum absolute atomic E-state index is 0.324. The number of nitrogens with zero attached hydrogens (tertiary/aromatic N) is 7. The van der Waals surface area contributed by atoms with E-state index in [0.29, 0.717) is 57.1 Å². The van der Waals surface area contributed by atoms with Crippen molar-refractivity contribution in [2.24, 2.45) is 0 Å². The van der Waals surface area contributed by atoms with Crippen LogP contribution in [0.3, 0.4) is 0 Å². The summed E-state index contributed by atoms with van der Waals surface area (Å²) in [6.07, 6.45) is 9.84. The molecule has 4 heterocycles. The number of urea groups is 1. The van der Waals surface area contributed by atoms with Crippen LogP contribution in [0.5, 0.6) is 0 Å². The van der Waals surface area contributed by atoms with Gasteiger partial charge in [-0.25, -0.2) is 9.59 Å². The molecular weight excluding hydrogens is 671 g/mol. The zero-order valence-electron chi connectivity index (χ0n) is 30.7. The molecule has 3 aliphatic heterocycles. The molecule has 0 radical (unpaired) electrons. The van der Waals surface area contributed by atoms with E-state index in [1.165, 1.54) is 11.3 Å². The summed E-state index contributed by atoms with van der Waals surface area (Å²) in [5.74, 6) is 0. The smallest absolute Gasteiger partial charge is 0.437 e. The molecule has 4 rings (SSSR count). The molecule has 280 valence electrons. The molecule has 0 N–H and O–H groups in total. The number of amides is 3. The van der Waals surface area contributed by atoms with E-state index >= 15 is 0 Å². The standard InChI is InChI=1S/C33H59N7O7S2/c1-8-12-18-33(17-11-4,19-13-9-2)39(20-14-10-3)46-49(43,44)47-40-26-15-16-27(38(25-26)30(40)41)28-34-35-29(48-28)36-21-23-37(24-22-36)31(42)45-32(5,6)7/h26-27H,8-25H2,1-7H3/t26-,27-/m0/s1. The summed E-state index contributed by atoms with van der Waals surface area (Å²) in [6, 6.07) is -1.27. The normalized spacial score (nSPS) is 20.5. The topological polar surface area (TPSA) is 138 Å². The molecule has 49 heavy (non-hydrogen) atoms. The molecule has 3 saturated heterocycles. The first-order valence-electron chi connectivity index (χ1n) is 18.3. The molecule has 1 aromatic heterocycles. The van der Waals surface area contributed by atoms with Gasteiger partial charge in [0.2, 0.25) is 5.13 Å². The Morgan fingerprint density at radius 3 is 2.16 bits per heavy atom. The monoisotopic (exact) mass is 729 g/mol. The average molecular weight is 730 g/mol. The average Bonchev–Trinajstić information content (AvgIpc) is 3.64. The van der Waals surface area contributed by atoms with Gasteiger partial charge >= 0.3 is 22.5 Å². The first-order valence-corrected chi connectivity index (χ1v) is 20.5. The molecule has 2 atom stereocenters. The molecule has 16 heteroatoms. The number of carbonyl (C=O) groups is 2. The van der Waals surface area contributed by atoms with E-state index in [2.05, 4.69) is 42.8 Å². The van der Waals surface area contributed by atoms with Gasteiger partial charge in [-0.3, -0.25) is 0 Å². The summed E-state index contributed by atoms with van der Waals surface area (Å²) in [4.78, 5) is 31.6. The van der Waals surface area contributed by atoms with Crippen LogP contribution in [-0.4, -0.2) is 107 Å². The molecule has 3 amide bonds. The molecule has 0 aliphatic carbocycles. The number of hydrogen-bond donors (Lipinski definition) is 0. The molecule has 3 fully saturated rings. The molecule has 3 aliphatic rings. The van der Waals surface area contributed by atoms with E-state index in [9.17, 15) is 18.0 Å². The molecule has 14 nitrogen and oxygen atoms in total. The Morgan fingerprint density at radius 2 is 1.57 bits per heavy atom. The Kier molecular flexibility index (Phi) is 13.9. The number of aromatic nitrogens is 2. The van der Waals surface area contributed by atoms with Gasteiger partial charge in [0.25, 0.3) is 0 Å². The lowest BCUT2D eigenvalue weighted by Gasteiger charge is -2.43. The number of fused-ring (bicyclic) bond motifs is 2. The Morgan fingerprint density at radius 1 is 0.918 bits per heavy atom. The minimum atomic E-state index is -4.60. The number of unbranched alkanes of at least 4 members (excludes halogenated alkanes) is 3. The van der Waals surface area contributed by atoms with Crippen LogP contribution < -0.4 is 4.90 Å². The van der Waals surface area contributed by atoms with E-state index in [1.807, 2.05) is 20.8 Å². The second-order valence-corrected chi connectivity index (χ2v) is 16.7. The lowest BCUT2D eigenvalue weighted by Crippen LogP contribution is -2.51. The SMILES string of the molecule is CCCCN(OS(=O)(=O)ON1C(=O)N2C[C@@H]1CC[C@H]2c1nnc(N2CCN(C(=O)OC(C)(C)C)CC2)s1)C(CCC)(CCCC)CCCC.